The van der Waals surface area contributed by atoms with Crippen molar-refractivity contribution in [3.8, 4) is 5.75 Å². The first-order chi connectivity index (χ1) is 13.4. The lowest BCUT2D eigenvalue weighted by atomic mass is 10.1. The van der Waals surface area contributed by atoms with Gasteiger partial charge in [-0.1, -0.05) is 38.3 Å². The number of ether oxygens (including phenoxy) is 1. The summed E-state index contributed by atoms with van der Waals surface area (Å²) in [6, 6.07) is 11.9. The van der Waals surface area contributed by atoms with Gasteiger partial charge in [0, 0.05) is 13.1 Å². The van der Waals surface area contributed by atoms with Crippen molar-refractivity contribution in [2.45, 2.75) is 43.9 Å². The predicted molar refractivity (Wildman–Crippen MR) is 110 cm³/mol. The van der Waals surface area contributed by atoms with Crippen LogP contribution in [-0.4, -0.2) is 28.0 Å². The molecule has 0 spiro atoms. The number of aryl methyl sites for hydroxylation is 1. The second kappa shape index (κ2) is 8.65. The Morgan fingerprint density at radius 3 is 2.54 bits per heavy atom. The zero-order valence-electron chi connectivity index (χ0n) is 16.3. The fourth-order valence-corrected chi connectivity index (χ4v) is 4.20. The number of unbranched alkanes of at least 4 members (excludes halogenated alkanes) is 3. The van der Waals surface area contributed by atoms with E-state index in [2.05, 4.69) is 11.6 Å². The molecule has 0 saturated heterocycles. The Kier molecular flexibility index (Phi) is 6.24. The second-order valence-corrected chi connectivity index (χ2v) is 8.67. The molecule has 3 rings (SSSR count). The Bertz CT molecular complexity index is 939. The number of carbonyl (C=O) groups is 1. The van der Waals surface area contributed by atoms with Gasteiger partial charge in [-0.3, -0.25) is 9.52 Å². The summed E-state index contributed by atoms with van der Waals surface area (Å²) < 4.78 is 33.4. The zero-order valence-corrected chi connectivity index (χ0v) is 17.1. The molecule has 2 aromatic carbocycles. The number of nitrogens with one attached hydrogen (secondary N) is 1. The predicted octanol–water partition coefficient (Wildman–Crippen LogP) is 3.97. The van der Waals surface area contributed by atoms with Crippen molar-refractivity contribution in [2.75, 3.05) is 23.3 Å². The average molecular weight is 403 g/mol. The molecular weight excluding hydrogens is 376 g/mol. The number of nitrogens with zero attached hydrogens (tertiary/aromatic N) is 1. The highest BCUT2D eigenvalue weighted by Crippen LogP contribution is 2.34. The van der Waals surface area contributed by atoms with Gasteiger partial charge in [-0.25, -0.2) is 8.42 Å². The monoisotopic (exact) mass is 402 g/mol. The number of anilines is 2. The number of sulfonamides is 1. The van der Waals surface area contributed by atoms with Crippen LogP contribution in [0.2, 0.25) is 0 Å². The maximum atomic E-state index is 12.7. The molecule has 1 N–H and O–H groups in total. The number of benzene rings is 2. The normalized spacial score (nSPS) is 13.8. The molecule has 0 unspecified atom stereocenters. The zero-order chi connectivity index (χ0) is 20.1. The minimum Gasteiger partial charge on any atom is -0.481 e. The minimum atomic E-state index is -3.70. The molecule has 0 saturated carbocycles. The lowest BCUT2D eigenvalue weighted by Crippen LogP contribution is -2.35. The Labute approximate surface area is 166 Å². The van der Waals surface area contributed by atoms with Gasteiger partial charge in [0.05, 0.1) is 16.3 Å². The van der Waals surface area contributed by atoms with Crippen LogP contribution in [-0.2, 0) is 21.2 Å². The third kappa shape index (κ3) is 4.65. The fourth-order valence-electron chi connectivity index (χ4n) is 3.15. The van der Waals surface area contributed by atoms with Crippen molar-refractivity contribution in [1.82, 2.24) is 0 Å². The molecule has 0 aliphatic carbocycles. The summed E-state index contributed by atoms with van der Waals surface area (Å²) in [5, 5.41) is 0. The van der Waals surface area contributed by atoms with Crippen LogP contribution in [0.25, 0.3) is 0 Å². The number of hydrogen-bond acceptors (Lipinski definition) is 4. The molecule has 0 aromatic heterocycles. The summed E-state index contributed by atoms with van der Waals surface area (Å²) >= 11 is 0. The molecule has 0 fully saturated rings. The number of amides is 1. The van der Waals surface area contributed by atoms with E-state index in [-0.39, 0.29) is 17.4 Å². The van der Waals surface area contributed by atoms with Crippen LogP contribution in [0.5, 0.6) is 5.75 Å². The third-order valence-corrected chi connectivity index (χ3v) is 6.25. The van der Waals surface area contributed by atoms with E-state index in [0.29, 0.717) is 17.1 Å². The Morgan fingerprint density at radius 1 is 1.07 bits per heavy atom. The van der Waals surface area contributed by atoms with Gasteiger partial charge in [-0.2, -0.15) is 0 Å². The molecule has 0 radical (unpaired) electrons. The van der Waals surface area contributed by atoms with Crippen LogP contribution in [0.15, 0.2) is 47.4 Å². The molecule has 1 aliphatic rings. The molecule has 0 bridgehead atoms. The molecule has 6 nitrogen and oxygen atoms in total. The van der Waals surface area contributed by atoms with Crippen molar-refractivity contribution in [3.63, 3.8) is 0 Å². The summed E-state index contributed by atoms with van der Waals surface area (Å²) in [6.45, 7) is 2.12. The van der Waals surface area contributed by atoms with Crippen LogP contribution < -0.4 is 14.4 Å². The van der Waals surface area contributed by atoms with E-state index in [0.717, 1.165) is 18.4 Å². The maximum Gasteiger partial charge on any atom is 0.264 e. The minimum absolute atomic E-state index is 0.0561. The third-order valence-electron chi connectivity index (χ3n) is 4.85. The van der Waals surface area contributed by atoms with E-state index in [1.54, 1.807) is 37.4 Å². The summed E-state index contributed by atoms with van der Waals surface area (Å²) in [4.78, 5) is 13.4. The van der Waals surface area contributed by atoms with Crippen LogP contribution >= 0.6 is 0 Å². The smallest absolute Gasteiger partial charge is 0.264 e. The molecule has 2 aromatic rings. The van der Waals surface area contributed by atoms with Gasteiger partial charge < -0.3 is 9.64 Å². The molecule has 0 atom stereocenters. The fraction of sp³-hybridized carbons (Fsp3) is 0.381. The average Bonchev–Trinajstić information content (AvgIpc) is 2.68. The summed E-state index contributed by atoms with van der Waals surface area (Å²) in [6.07, 6.45) is 5.69. The first-order valence-electron chi connectivity index (χ1n) is 9.56. The Balaban J connectivity index is 1.69. The molecule has 1 heterocycles. The van der Waals surface area contributed by atoms with Crippen molar-refractivity contribution < 1.29 is 17.9 Å². The number of likely N-dealkylation sites (N-methyl/N-ethyl adjacent to an activating group) is 1. The van der Waals surface area contributed by atoms with Gasteiger partial charge in [0.2, 0.25) is 0 Å². The highest BCUT2D eigenvalue weighted by Gasteiger charge is 2.23. The Hall–Kier alpha value is -2.54. The highest BCUT2D eigenvalue weighted by molar-refractivity contribution is 7.92. The SMILES string of the molecule is CCCCCCc1ccc(S(=O)(=O)Nc2ccc3c(c2)OCC(=O)N3C)cc1. The van der Waals surface area contributed by atoms with Crippen LogP contribution in [0.3, 0.4) is 0 Å². The molecule has 7 heteroatoms. The summed E-state index contributed by atoms with van der Waals surface area (Å²) in [5.41, 5.74) is 2.15. The lowest BCUT2D eigenvalue weighted by Gasteiger charge is -2.26. The van der Waals surface area contributed by atoms with E-state index < -0.39 is 10.0 Å². The van der Waals surface area contributed by atoms with E-state index in [1.807, 2.05) is 12.1 Å². The van der Waals surface area contributed by atoms with Crippen LogP contribution in [0.4, 0.5) is 11.4 Å². The maximum absolute atomic E-state index is 12.7. The van der Waals surface area contributed by atoms with Gasteiger partial charge >= 0.3 is 0 Å². The van der Waals surface area contributed by atoms with Gasteiger partial charge in [0.1, 0.15) is 5.75 Å². The van der Waals surface area contributed by atoms with Gasteiger partial charge in [0.25, 0.3) is 15.9 Å². The van der Waals surface area contributed by atoms with E-state index in [1.165, 1.54) is 24.2 Å². The second-order valence-electron chi connectivity index (χ2n) is 6.98. The topological polar surface area (TPSA) is 75.7 Å². The quantitative estimate of drug-likeness (QED) is 0.678. The van der Waals surface area contributed by atoms with Crippen molar-refractivity contribution in [3.05, 3.63) is 48.0 Å². The largest absolute Gasteiger partial charge is 0.481 e. The van der Waals surface area contributed by atoms with E-state index in [4.69, 9.17) is 4.74 Å². The first kappa shape index (κ1) is 20.2. The van der Waals surface area contributed by atoms with E-state index >= 15 is 0 Å². The van der Waals surface area contributed by atoms with Gasteiger partial charge in [-0.05, 0) is 42.7 Å². The molecule has 1 amide bonds. The first-order valence-corrected chi connectivity index (χ1v) is 11.0. The molecule has 150 valence electrons. The van der Waals surface area contributed by atoms with Crippen molar-refractivity contribution in [1.29, 1.82) is 0 Å². The molecule has 1 aliphatic heterocycles. The standard InChI is InChI=1S/C21H26N2O4S/c1-3-4-5-6-7-16-8-11-18(12-9-16)28(25,26)22-17-10-13-19-20(14-17)27-15-21(24)23(19)2/h8-14,22H,3-7,15H2,1-2H3. The number of hydrogen-bond donors (Lipinski definition) is 1. The Morgan fingerprint density at radius 2 is 1.82 bits per heavy atom. The van der Waals surface area contributed by atoms with Crippen LogP contribution in [0, 0.1) is 0 Å². The van der Waals surface area contributed by atoms with Gasteiger partial charge in [0.15, 0.2) is 6.61 Å². The number of fused-ring (bicyclic) bond motifs is 1. The molecule has 28 heavy (non-hydrogen) atoms. The lowest BCUT2D eigenvalue weighted by molar-refractivity contribution is -0.120. The number of carbonyl (C=O) groups excluding carboxylic acids is 1. The molecular formula is C21H26N2O4S. The summed E-state index contributed by atoms with van der Waals surface area (Å²) in [5.74, 6) is 0.334. The highest BCUT2D eigenvalue weighted by atomic mass is 32.2. The summed E-state index contributed by atoms with van der Waals surface area (Å²) in [7, 11) is -2.03. The van der Waals surface area contributed by atoms with Crippen molar-refractivity contribution >= 4 is 27.3 Å². The van der Waals surface area contributed by atoms with Crippen LogP contribution in [0.1, 0.15) is 38.2 Å². The van der Waals surface area contributed by atoms with E-state index in [9.17, 15) is 13.2 Å². The van der Waals surface area contributed by atoms with Crippen molar-refractivity contribution in [2.24, 2.45) is 0 Å². The van der Waals surface area contributed by atoms with Gasteiger partial charge in [-0.15, -0.1) is 0 Å². The number of rotatable bonds is 8.